The Hall–Kier alpha value is -3.02. The molecule has 138 valence electrons. The fraction of sp³-hybridized carbons (Fsp3) is 0.300. The number of nitrogens with one attached hydrogen (secondary N) is 1. The highest BCUT2D eigenvalue weighted by atomic mass is 16.5. The Morgan fingerprint density at radius 3 is 2.54 bits per heavy atom. The van der Waals surface area contributed by atoms with Crippen molar-refractivity contribution in [2.45, 2.75) is 26.4 Å². The molecule has 0 saturated heterocycles. The summed E-state index contributed by atoms with van der Waals surface area (Å²) in [5, 5.41) is 2.79. The van der Waals surface area contributed by atoms with E-state index in [9.17, 15) is 9.59 Å². The van der Waals surface area contributed by atoms with Gasteiger partial charge < -0.3 is 20.5 Å². The molecule has 0 spiro atoms. The molecule has 3 N–H and O–H groups in total. The topological polar surface area (TPSA) is 90.7 Å². The predicted octanol–water partition coefficient (Wildman–Crippen LogP) is 2.57. The van der Waals surface area contributed by atoms with Crippen LogP contribution in [0.3, 0.4) is 0 Å². The van der Waals surface area contributed by atoms with Gasteiger partial charge in [-0.05, 0) is 44.0 Å². The molecule has 0 bridgehead atoms. The molecule has 0 aromatic heterocycles. The Morgan fingerprint density at radius 2 is 1.85 bits per heavy atom. The van der Waals surface area contributed by atoms with E-state index in [0.29, 0.717) is 17.8 Å². The van der Waals surface area contributed by atoms with Crippen LogP contribution in [0.1, 0.15) is 29.8 Å². The van der Waals surface area contributed by atoms with Crippen LogP contribution in [0.5, 0.6) is 5.75 Å². The van der Waals surface area contributed by atoms with E-state index in [1.807, 2.05) is 30.3 Å². The van der Waals surface area contributed by atoms with Gasteiger partial charge in [-0.2, -0.15) is 0 Å². The second-order valence-corrected chi connectivity index (χ2v) is 6.08. The quantitative estimate of drug-likeness (QED) is 0.560. The average Bonchev–Trinajstić information content (AvgIpc) is 2.61. The minimum atomic E-state index is -0.461. The summed E-state index contributed by atoms with van der Waals surface area (Å²) in [7, 11) is 0. The molecular weight excluding hydrogens is 332 g/mol. The summed E-state index contributed by atoms with van der Waals surface area (Å²) in [5.74, 6) is -0.436. The fourth-order valence-corrected chi connectivity index (χ4v) is 2.25. The van der Waals surface area contributed by atoms with E-state index in [4.69, 9.17) is 15.2 Å². The van der Waals surface area contributed by atoms with Crippen LogP contribution in [0.4, 0.5) is 5.69 Å². The molecule has 0 unspecified atom stereocenters. The summed E-state index contributed by atoms with van der Waals surface area (Å²) in [6.45, 7) is 3.88. The first-order valence-corrected chi connectivity index (χ1v) is 8.49. The number of amides is 1. The number of hydrogen-bond donors (Lipinski definition) is 2. The van der Waals surface area contributed by atoms with E-state index >= 15 is 0 Å². The van der Waals surface area contributed by atoms with Crippen molar-refractivity contribution in [3.05, 3.63) is 59.7 Å². The number of carbonyl (C=O) groups is 2. The third-order valence-corrected chi connectivity index (χ3v) is 3.53. The molecule has 26 heavy (non-hydrogen) atoms. The van der Waals surface area contributed by atoms with Gasteiger partial charge in [-0.3, -0.25) is 4.79 Å². The summed E-state index contributed by atoms with van der Waals surface area (Å²) >= 11 is 0. The van der Waals surface area contributed by atoms with Gasteiger partial charge in [0.05, 0.1) is 17.4 Å². The predicted molar refractivity (Wildman–Crippen MR) is 100 cm³/mol. The van der Waals surface area contributed by atoms with Gasteiger partial charge in [-0.15, -0.1) is 0 Å². The zero-order valence-corrected chi connectivity index (χ0v) is 15.0. The molecule has 0 heterocycles. The molecule has 0 fully saturated rings. The Morgan fingerprint density at radius 1 is 1.12 bits per heavy atom. The highest BCUT2D eigenvalue weighted by Gasteiger charge is 2.13. The fourth-order valence-electron chi connectivity index (χ4n) is 2.25. The van der Waals surface area contributed by atoms with Gasteiger partial charge >= 0.3 is 5.97 Å². The molecule has 2 aromatic carbocycles. The van der Waals surface area contributed by atoms with Crippen LogP contribution in [-0.2, 0) is 16.0 Å². The zero-order chi connectivity index (χ0) is 18.9. The number of benzene rings is 2. The largest absolute Gasteiger partial charge is 0.482 e. The zero-order valence-electron chi connectivity index (χ0n) is 15.0. The highest BCUT2D eigenvalue weighted by molar-refractivity contribution is 5.90. The number of hydrogen-bond acceptors (Lipinski definition) is 5. The van der Waals surface area contributed by atoms with E-state index < -0.39 is 5.97 Å². The van der Waals surface area contributed by atoms with Crippen molar-refractivity contribution >= 4 is 17.6 Å². The molecule has 1 amide bonds. The van der Waals surface area contributed by atoms with Crippen LogP contribution in [0.25, 0.3) is 0 Å². The van der Waals surface area contributed by atoms with Crippen LogP contribution < -0.4 is 15.8 Å². The van der Waals surface area contributed by atoms with Gasteiger partial charge in [-0.1, -0.05) is 30.3 Å². The molecule has 0 atom stereocenters. The van der Waals surface area contributed by atoms with Crippen LogP contribution >= 0.6 is 0 Å². The van der Waals surface area contributed by atoms with Crippen molar-refractivity contribution in [2.75, 3.05) is 18.9 Å². The Balaban J connectivity index is 1.84. The summed E-state index contributed by atoms with van der Waals surface area (Å²) in [6.07, 6.45) is 0.519. The number of rotatable bonds is 8. The molecule has 0 aliphatic heterocycles. The summed E-state index contributed by atoms with van der Waals surface area (Å²) in [5.41, 5.74) is 7.67. The molecule has 6 heteroatoms. The van der Waals surface area contributed by atoms with Crippen LogP contribution in [0.15, 0.2) is 48.5 Å². The van der Waals surface area contributed by atoms with Crippen LogP contribution in [0.2, 0.25) is 0 Å². The molecular formula is C20H24N2O4. The Bertz CT molecular complexity index is 745. The molecule has 0 saturated carbocycles. The summed E-state index contributed by atoms with van der Waals surface area (Å²) < 4.78 is 10.6. The lowest BCUT2D eigenvalue weighted by Crippen LogP contribution is -2.30. The van der Waals surface area contributed by atoms with Crippen molar-refractivity contribution in [1.82, 2.24) is 5.32 Å². The Kier molecular flexibility index (Phi) is 7.02. The van der Waals surface area contributed by atoms with Crippen LogP contribution in [-0.4, -0.2) is 31.1 Å². The van der Waals surface area contributed by atoms with E-state index in [0.717, 1.165) is 12.0 Å². The van der Waals surface area contributed by atoms with Gasteiger partial charge in [0.25, 0.3) is 5.91 Å². The molecule has 6 nitrogen and oxygen atoms in total. The lowest BCUT2D eigenvalue weighted by Gasteiger charge is -2.12. The van der Waals surface area contributed by atoms with E-state index in [-0.39, 0.29) is 24.4 Å². The molecule has 2 aromatic rings. The summed E-state index contributed by atoms with van der Waals surface area (Å²) in [6, 6.07) is 14.5. The first kappa shape index (κ1) is 19.3. The third kappa shape index (κ3) is 6.12. The average molecular weight is 356 g/mol. The lowest BCUT2D eigenvalue weighted by atomic mass is 10.1. The number of nitrogens with two attached hydrogens (primary N) is 1. The van der Waals surface area contributed by atoms with Gasteiger partial charge in [0.2, 0.25) is 0 Å². The van der Waals surface area contributed by atoms with Crippen molar-refractivity contribution < 1.29 is 19.1 Å². The molecule has 0 radical (unpaired) electrons. The van der Waals surface area contributed by atoms with Gasteiger partial charge in [-0.25, -0.2) is 4.79 Å². The second kappa shape index (κ2) is 9.46. The third-order valence-electron chi connectivity index (χ3n) is 3.53. The smallest absolute Gasteiger partial charge is 0.338 e. The van der Waals surface area contributed by atoms with Gasteiger partial charge in [0.15, 0.2) is 6.61 Å². The standard InChI is InChI=1S/C20H24N2O4/c1-14(2)26-20(24)16-8-9-17(21)18(12-16)25-13-19(23)22-11-10-15-6-4-3-5-7-15/h3-9,12,14H,10-11,13,21H2,1-2H3,(H,22,23). The normalized spacial score (nSPS) is 10.4. The Labute approximate surface area is 153 Å². The number of carbonyl (C=O) groups excluding carboxylic acids is 2. The lowest BCUT2D eigenvalue weighted by molar-refractivity contribution is -0.123. The van der Waals surface area contributed by atoms with E-state index in [1.54, 1.807) is 26.0 Å². The first-order valence-electron chi connectivity index (χ1n) is 8.49. The van der Waals surface area contributed by atoms with E-state index in [2.05, 4.69) is 5.32 Å². The van der Waals surface area contributed by atoms with Crippen molar-refractivity contribution in [2.24, 2.45) is 0 Å². The van der Waals surface area contributed by atoms with Gasteiger partial charge in [0.1, 0.15) is 5.75 Å². The van der Waals surface area contributed by atoms with Crippen molar-refractivity contribution in [3.63, 3.8) is 0 Å². The second-order valence-electron chi connectivity index (χ2n) is 6.08. The molecule has 2 rings (SSSR count). The highest BCUT2D eigenvalue weighted by Crippen LogP contribution is 2.23. The van der Waals surface area contributed by atoms with Crippen molar-refractivity contribution in [3.8, 4) is 5.75 Å². The minimum Gasteiger partial charge on any atom is -0.482 e. The monoisotopic (exact) mass is 356 g/mol. The van der Waals surface area contributed by atoms with Crippen LogP contribution in [0, 0.1) is 0 Å². The number of nitrogen functional groups attached to an aromatic ring is 1. The van der Waals surface area contributed by atoms with E-state index in [1.165, 1.54) is 6.07 Å². The summed E-state index contributed by atoms with van der Waals surface area (Å²) in [4.78, 5) is 23.8. The maximum Gasteiger partial charge on any atom is 0.338 e. The minimum absolute atomic E-state index is 0.179. The molecule has 0 aliphatic rings. The van der Waals surface area contributed by atoms with Crippen molar-refractivity contribution in [1.29, 1.82) is 0 Å². The number of ether oxygens (including phenoxy) is 2. The molecule has 0 aliphatic carbocycles. The van der Waals surface area contributed by atoms with Gasteiger partial charge in [0, 0.05) is 6.54 Å². The SMILES string of the molecule is CC(C)OC(=O)c1ccc(N)c(OCC(=O)NCCc2ccccc2)c1. The first-order chi connectivity index (χ1) is 12.5. The number of anilines is 1. The number of esters is 1. The maximum absolute atomic E-state index is 11.9. The maximum atomic E-state index is 11.9.